The summed E-state index contributed by atoms with van der Waals surface area (Å²) in [5.74, 6) is 0.166. The number of benzene rings is 2. The lowest BCUT2D eigenvalue weighted by atomic mass is 10.1. The summed E-state index contributed by atoms with van der Waals surface area (Å²) in [6, 6.07) is 11.3. The number of nitro benzene ring substituents is 1. The van der Waals surface area contributed by atoms with Gasteiger partial charge < -0.3 is 5.11 Å². The first kappa shape index (κ1) is 12.8. The maximum atomic E-state index is 10.9. The molecule has 0 unspecified atom stereocenters. The van der Waals surface area contributed by atoms with E-state index in [-0.39, 0.29) is 11.4 Å². The predicted octanol–water partition coefficient (Wildman–Crippen LogP) is 3.36. The normalized spacial score (nSPS) is 10.8. The summed E-state index contributed by atoms with van der Waals surface area (Å²) in [5, 5.41) is 20.1. The first-order valence-corrected chi connectivity index (χ1v) is 5.65. The minimum atomic E-state index is -0.448. The smallest absolute Gasteiger partial charge is 0.295 e. The summed E-state index contributed by atoms with van der Waals surface area (Å²) < 4.78 is 0. The molecule has 0 aromatic heterocycles. The van der Waals surface area contributed by atoms with E-state index < -0.39 is 4.92 Å². The first-order valence-electron chi connectivity index (χ1n) is 5.65. The molecule has 5 nitrogen and oxygen atoms in total. The Morgan fingerprint density at radius 2 is 1.89 bits per heavy atom. The van der Waals surface area contributed by atoms with Crippen LogP contribution in [0.5, 0.6) is 5.75 Å². The highest BCUT2D eigenvalue weighted by molar-refractivity contribution is 5.84. The molecular formula is C14H12N2O3. The van der Waals surface area contributed by atoms with Gasteiger partial charge in [0, 0.05) is 12.3 Å². The van der Waals surface area contributed by atoms with Gasteiger partial charge in [0.2, 0.25) is 0 Å². The highest BCUT2D eigenvalue weighted by Gasteiger charge is 2.13. The molecule has 2 rings (SSSR count). The van der Waals surface area contributed by atoms with Gasteiger partial charge in [-0.05, 0) is 42.3 Å². The zero-order chi connectivity index (χ0) is 13.8. The molecule has 1 N–H and O–H groups in total. The fraction of sp³-hybridized carbons (Fsp3) is 0.0714. The van der Waals surface area contributed by atoms with Crippen molar-refractivity contribution in [2.45, 2.75) is 6.92 Å². The van der Waals surface area contributed by atoms with Crippen LogP contribution in [-0.4, -0.2) is 16.2 Å². The number of nitro groups is 1. The Morgan fingerprint density at radius 1 is 1.21 bits per heavy atom. The summed E-state index contributed by atoms with van der Waals surface area (Å²) >= 11 is 0. The fourth-order valence-corrected chi connectivity index (χ4v) is 1.66. The van der Waals surface area contributed by atoms with Gasteiger partial charge in [0.15, 0.2) is 0 Å². The van der Waals surface area contributed by atoms with Crippen molar-refractivity contribution in [2.24, 2.45) is 4.99 Å². The molecule has 2 aromatic rings. The van der Waals surface area contributed by atoms with Gasteiger partial charge in [0.1, 0.15) is 11.4 Å². The lowest BCUT2D eigenvalue weighted by Gasteiger charge is -2.01. The molecule has 0 atom stereocenters. The highest BCUT2D eigenvalue weighted by Crippen LogP contribution is 2.30. The monoisotopic (exact) mass is 256 g/mol. The highest BCUT2D eigenvalue weighted by atomic mass is 16.6. The van der Waals surface area contributed by atoms with Crippen LogP contribution in [-0.2, 0) is 0 Å². The maximum Gasteiger partial charge on any atom is 0.295 e. The van der Waals surface area contributed by atoms with Crippen LogP contribution in [0, 0.1) is 17.0 Å². The SMILES string of the molecule is Cc1cccc([N+](=O)[O-])c1N=Cc1ccc(O)cc1. The zero-order valence-corrected chi connectivity index (χ0v) is 10.3. The molecule has 19 heavy (non-hydrogen) atoms. The number of phenolic OH excluding ortho intramolecular Hbond substituents is 1. The molecule has 0 amide bonds. The third kappa shape index (κ3) is 2.95. The van der Waals surface area contributed by atoms with Gasteiger partial charge in [0.25, 0.3) is 5.69 Å². The minimum Gasteiger partial charge on any atom is -0.508 e. The van der Waals surface area contributed by atoms with Crippen LogP contribution < -0.4 is 0 Å². The average Bonchev–Trinajstić information content (AvgIpc) is 2.39. The number of para-hydroxylation sites is 1. The molecule has 0 aliphatic rings. The van der Waals surface area contributed by atoms with Crippen LogP contribution in [0.2, 0.25) is 0 Å². The third-order valence-corrected chi connectivity index (χ3v) is 2.65. The zero-order valence-electron chi connectivity index (χ0n) is 10.3. The molecule has 0 aliphatic carbocycles. The van der Waals surface area contributed by atoms with E-state index in [9.17, 15) is 10.1 Å². The van der Waals surface area contributed by atoms with Crippen LogP contribution in [0.1, 0.15) is 11.1 Å². The quantitative estimate of drug-likeness (QED) is 0.519. The Labute approximate surface area is 110 Å². The van der Waals surface area contributed by atoms with Crippen molar-refractivity contribution in [3.8, 4) is 5.75 Å². The van der Waals surface area contributed by atoms with Crippen LogP contribution in [0.15, 0.2) is 47.5 Å². The Morgan fingerprint density at radius 3 is 2.53 bits per heavy atom. The molecular weight excluding hydrogens is 244 g/mol. The van der Waals surface area contributed by atoms with E-state index in [1.165, 1.54) is 24.4 Å². The van der Waals surface area contributed by atoms with Crippen LogP contribution in [0.4, 0.5) is 11.4 Å². The number of aryl methyl sites for hydroxylation is 1. The van der Waals surface area contributed by atoms with E-state index in [0.29, 0.717) is 5.69 Å². The molecule has 0 saturated heterocycles. The van der Waals surface area contributed by atoms with Gasteiger partial charge in [-0.2, -0.15) is 0 Å². The topological polar surface area (TPSA) is 75.7 Å². The number of hydrogen-bond donors (Lipinski definition) is 1. The molecule has 96 valence electrons. The summed E-state index contributed by atoms with van der Waals surface area (Å²) in [5.41, 5.74) is 1.83. The largest absolute Gasteiger partial charge is 0.508 e. The van der Waals surface area contributed by atoms with E-state index in [0.717, 1.165) is 11.1 Å². The lowest BCUT2D eigenvalue weighted by Crippen LogP contribution is -1.90. The maximum absolute atomic E-state index is 10.9. The molecule has 5 heteroatoms. The van der Waals surface area contributed by atoms with Crippen LogP contribution in [0.3, 0.4) is 0 Å². The van der Waals surface area contributed by atoms with Crippen molar-refractivity contribution in [3.63, 3.8) is 0 Å². The Kier molecular flexibility index (Phi) is 3.56. The van der Waals surface area contributed by atoms with Crippen LogP contribution >= 0.6 is 0 Å². The van der Waals surface area contributed by atoms with Crippen LogP contribution in [0.25, 0.3) is 0 Å². The lowest BCUT2D eigenvalue weighted by molar-refractivity contribution is -0.384. The average molecular weight is 256 g/mol. The number of nitrogens with zero attached hydrogens (tertiary/aromatic N) is 2. The van der Waals surface area contributed by atoms with Crippen molar-refractivity contribution in [1.29, 1.82) is 0 Å². The second-order valence-electron chi connectivity index (χ2n) is 4.05. The van der Waals surface area contributed by atoms with Gasteiger partial charge in [-0.25, -0.2) is 4.99 Å². The van der Waals surface area contributed by atoms with E-state index in [4.69, 9.17) is 5.11 Å². The summed E-state index contributed by atoms with van der Waals surface area (Å²) in [6.45, 7) is 1.77. The first-order chi connectivity index (χ1) is 9.08. The van der Waals surface area contributed by atoms with E-state index in [2.05, 4.69) is 4.99 Å². The molecule has 0 bridgehead atoms. The van der Waals surface area contributed by atoms with E-state index in [1.807, 2.05) is 0 Å². The third-order valence-electron chi connectivity index (χ3n) is 2.65. The number of phenols is 1. The van der Waals surface area contributed by atoms with Crippen molar-refractivity contribution in [3.05, 3.63) is 63.7 Å². The number of aromatic hydroxyl groups is 1. The van der Waals surface area contributed by atoms with Gasteiger partial charge in [0.05, 0.1) is 4.92 Å². The number of rotatable bonds is 3. The van der Waals surface area contributed by atoms with Gasteiger partial charge >= 0.3 is 0 Å². The van der Waals surface area contributed by atoms with Crippen molar-refractivity contribution in [1.82, 2.24) is 0 Å². The summed E-state index contributed by atoms with van der Waals surface area (Å²) in [4.78, 5) is 14.7. The van der Waals surface area contributed by atoms with E-state index >= 15 is 0 Å². The molecule has 0 spiro atoms. The predicted molar refractivity (Wildman–Crippen MR) is 73.2 cm³/mol. The standard InChI is InChI=1S/C14H12N2O3/c1-10-3-2-4-13(16(18)19)14(10)15-9-11-5-7-12(17)8-6-11/h2-9,17H,1H3. The fourth-order valence-electron chi connectivity index (χ4n) is 1.66. The summed E-state index contributed by atoms with van der Waals surface area (Å²) in [7, 11) is 0. The molecule has 0 saturated carbocycles. The Hall–Kier alpha value is -2.69. The Bertz CT molecular complexity index is 634. The molecule has 0 aliphatic heterocycles. The second-order valence-corrected chi connectivity index (χ2v) is 4.05. The number of hydrogen-bond acceptors (Lipinski definition) is 4. The van der Waals surface area contributed by atoms with Crippen molar-refractivity contribution < 1.29 is 10.0 Å². The second kappa shape index (κ2) is 5.30. The van der Waals surface area contributed by atoms with E-state index in [1.54, 1.807) is 31.2 Å². The minimum absolute atomic E-state index is 0.0185. The van der Waals surface area contributed by atoms with Gasteiger partial charge in [-0.1, -0.05) is 12.1 Å². The molecule has 0 fully saturated rings. The van der Waals surface area contributed by atoms with Gasteiger partial charge in [-0.3, -0.25) is 10.1 Å². The van der Waals surface area contributed by atoms with Crippen molar-refractivity contribution >= 4 is 17.6 Å². The molecule has 2 aromatic carbocycles. The molecule has 0 radical (unpaired) electrons. The van der Waals surface area contributed by atoms with Gasteiger partial charge in [-0.15, -0.1) is 0 Å². The molecule has 0 heterocycles. The van der Waals surface area contributed by atoms with Crippen molar-refractivity contribution in [2.75, 3.05) is 0 Å². The summed E-state index contributed by atoms with van der Waals surface area (Å²) in [6.07, 6.45) is 1.54. The Balaban J connectivity index is 2.37. The number of aliphatic imine (C=N–C) groups is 1.